The zero-order valence-electron chi connectivity index (χ0n) is 40.1. The van der Waals surface area contributed by atoms with Crippen LogP contribution in [-0.2, 0) is 29.0 Å². The number of hydrogen-bond donors (Lipinski definition) is 1. The van der Waals surface area contributed by atoms with E-state index >= 15 is 13.2 Å². The van der Waals surface area contributed by atoms with E-state index in [9.17, 15) is 41.0 Å². The number of nitrogens with zero attached hydrogens (tertiary/aromatic N) is 4. The first-order valence-electron chi connectivity index (χ1n) is 21.9. The number of aliphatic hydroxyl groups is 1. The second-order valence-electron chi connectivity index (χ2n) is 18.5. The predicted octanol–water partition coefficient (Wildman–Crippen LogP) is 12.3. The highest BCUT2D eigenvalue weighted by molar-refractivity contribution is 7.99. The van der Waals surface area contributed by atoms with Crippen LogP contribution < -0.4 is 14.5 Å². The third-order valence-electron chi connectivity index (χ3n) is 12.0. The number of amides is 2. The minimum Gasteiger partial charge on any atom is -0.456 e. The van der Waals surface area contributed by atoms with E-state index in [0.717, 1.165) is 19.1 Å². The van der Waals surface area contributed by atoms with E-state index in [1.165, 1.54) is 65.8 Å². The number of thioether (sulfide) groups is 1. The third-order valence-corrected chi connectivity index (χ3v) is 15.2. The molecule has 3 aromatic rings. The molecule has 0 radical (unpaired) electrons. The second-order valence-corrected chi connectivity index (χ2v) is 21.1. The van der Waals surface area contributed by atoms with Crippen molar-refractivity contribution in [3.05, 3.63) is 87.2 Å². The van der Waals surface area contributed by atoms with Crippen LogP contribution in [0.4, 0.5) is 50.9 Å². The fourth-order valence-corrected chi connectivity index (χ4v) is 12.1. The van der Waals surface area contributed by atoms with Crippen molar-refractivity contribution in [2.24, 2.45) is 0 Å². The molecule has 70 heavy (non-hydrogen) atoms. The molecule has 3 heterocycles. The molecule has 1 unspecified atom stereocenters. The van der Waals surface area contributed by atoms with E-state index in [1.54, 1.807) is 0 Å². The molecular formula is C48H52F9N4O7PS. The van der Waals surface area contributed by atoms with Gasteiger partial charge in [-0.1, -0.05) is 12.2 Å². The smallest absolute Gasteiger partial charge is 0.456 e. The van der Waals surface area contributed by atoms with Crippen LogP contribution in [0.1, 0.15) is 109 Å². The number of aliphatic hydroxyl groups excluding tert-OH is 1. The van der Waals surface area contributed by atoms with Gasteiger partial charge in [0.1, 0.15) is 24.1 Å². The molecule has 0 fully saturated rings. The number of carbonyl (C=O) groups excluding carboxylic acids is 2. The Hall–Kier alpha value is -4.68. The summed E-state index contributed by atoms with van der Waals surface area (Å²) in [6, 6.07) is 6.23. The van der Waals surface area contributed by atoms with Gasteiger partial charge >= 0.3 is 24.2 Å². The van der Waals surface area contributed by atoms with Gasteiger partial charge in [-0.3, -0.25) is 19.4 Å². The number of hydrogen-bond acceptors (Lipinski definition) is 10. The summed E-state index contributed by atoms with van der Waals surface area (Å²) in [6.45, 7) is 15.5. The number of benzene rings is 3. The molecular weight excluding hydrogens is 979 g/mol. The van der Waals surface area contributed by atoms with Gasteiger partial charge in [0.2, 0.25) is 0 Å². The molecule has 3 aliphatic heterocycles. The maximum atomic E-state index is 18.0. The monoisotopic (exact) mass is 1030 g/mol. The maximum absolute atomic E-state index is 18.0. The Morgan fingerprint density at radius 2 is 1.24 bits per heavy atom. The van der Waals surface area contributed by atoms with Gasteiger partial charge in [0.25, 0.3) is 8.53 Å². The number of rotatable bonds is 14. The third kappa shape index (κ3) is 9.69. The molecule has 0 saturated heterocycles. The lowest BCUT2D eigenvalue weighted by Gasteiger charge is -2.46. The van der Waals surface area contributed by atoms with Crippen molar-refractivity contribution >= 4 is 54.6 Å². The number of fused-ring (bicyclic) bond motifs is 4. The summed E-state index contributed by atoms with van der Waals surface area (Å²) in [5, 5.41) is 19.9. The van der Waals surface area contributed by atoms with Gasteiger partial charge in [-0.25, -0.2) is 17.8 Å². The maximum Gasteiger partial charge on any atom is 0.471 e. The molecule has 0 aliphatic carbocycles. The second kappa shape index (κ2) is 19.7. The van der Waals surface area contributed by atoms with E-state index in [0.29, 0.717) is 32.7 Å². The lowest BCUT2D eigenvalue weighted by molar-refractivity contribution is -0.171. The van der Waals surface area contributed by atoms with Gasteiger partial charge in [-0.2, -0.15) is 31.6 Å². The Balaban J connectivity index is 1.65. The average Bonchev–Trinajstić information content (AvgIpc) is 3.23. The van der Waals surface area contributed by atoms with Crippen molar-refractivity contribution in [3.63, 3.8) is 0 Å². The van der Waals surface area contributed by atoms with Crippen LogP contribution >= 0.6 is 20.3 Å². The number of allylic oxidation sites excluding steroid dienone is 2. The lowest BCUT2D eigenvalue weighted by atomic mass is 9.73. The van der Waals surface area contributed by atoms with Gasteiger partial charge in [0, 0.05) is 57.8 Å². The summed E-state index contributed by atoms with van der Waals surface area (Å²) in [7, 11) is -1.80. The van der Waals surface area contributed by atoms with Crippen molar-refractivity contribution in [2.75, 3.05) is 35.6 Å². The minimum atomic E-state index is -5.41. The SMILES string of the molecule is CC1=CC(C)(C)N(C(=O)C(F)(F)F)c2cc3c(cc21)C(OCO)(c1c(C)c(F)c(F)c(SCCOP(OCCC#N)N(C(C)C)C(C)C)c1F)c1cc2c(cc1O3)N(C(=O)C(F)(F)F)C(C)(C)C=C2C. The molecule has 0 aromatic heterocycles. The first-order valence-corrected chi connectivity index (χ1v) is 24.0. The Labute approximate surface area is 405 Å². The Morgan fingerprint density at radius 3 is 1.66 bits per heavy atom. The van der Waals surface area contributed by atoms with Crippen LogP contribution in [0.5, 0.6) is 11.5 Å². The number of ether oxygens (including phenoxy) is 2. The zero-order chi connectivity index (χ0) is 52.4. The van der Waals surface area contributed by atoms with E-state index < -0.39 is 101 Å². The highest BCUT2D eigenvalue weighted by Crippen LogP contribution is 2.60. The van der Waals surface area contributed by atoms with Crippen LogP contribution in [0.15, 0.2) is 41.3 Å². The van der Waals surface area contributed by atoms with Gasteiger partial charge in [-0.15, -0.1) is 11.8 Å². The van der Waals surface area contributed by atoms with E-state index in [-0.39, 0.29) is 71.1 Å². The topological polar surface area (TPSA) is 125 Å². The Morgan fingerprint density at radius 1 is 0.786 bits per heavy atom. The molecule has 0 bridgehead atoms. The number of halogens is 9. The quantitative estimate of drug-likeness (QED) is 0.0417. The Kier molecular flexibility index (Phi) is 15.4. The molecule has 22 heteroatoms. The standard InChI is InChI=1S/C48H52F9N4O7PS/c1-24(2)61(25(3)4)69(66-14-12-13-58)67-15-16-70-41-39(50)37(28(7)38(49)40(41)51)46(65-23-62)31-17-29-26(5)21-44(8,9)59(42(63)47(52,53)54)33(29)19-35(31)68-36-20-34-30(18-32(36)46)27(6)22-45(10,11)60(34)43(64)48(55,56)57/h17-22,24-25,62H,12,14-16,23H2,1-11H3. The Bertz CT molecular complexity index is 2580. The fourth-order valence-electron chi connectivity index (χ4n) is 9.54. The highest BCUT2D eigenvalue weighted by atomic mass is 32.2. The summed E-state index contributed by atoms with van der Waals surface area (Å²) < 4.78 is 164. The first kappa shape index (κ1) is 54.6. The van der Waals surface area contributed by atoms with E-state index in [2.05, 4.69) is 0 Å². The van der Waals surface area contributed by atoms with Crippen LogP contribution in [0.3, 0.4) is 0 Å². The van der Waals surface area contributed by atoms with Crippen molar-refractivity contribution < 1.29 is 72.7 Å². The molecule has 0 saturated carbocycles. The van der Waals surface area contributed by atoms with E-state index in [4.69, 9.17) is 23.8 Å². The number of carbonyl (C=O) groups is 2. The van der Waals surface area contributed by atoms with Gasteiger partial charge < -0.3 is 23.6 Å². The number of nitriles is 1. The summed E-state index contributed by atoms with van der Waals surface area (Å²) in [5.74, 6) is -10.4. The van der Waals surface area contributed by atoms with Crippen LogP contribution in [0.25, 0.3) is 11.1 Å². The van der Waals surface area contributed by atoms with Gasteiger partial charge in [0.15, 0.2) is 17.2 Å². The van der Waals surface area contributed by atoms with Crippen molar-refractivity contribution in [3.8, 4) is 17.6 Å². The summed E-state index contributed by atoms with van der Waals surface area (Å²) in [4.78, 5) is 26.5. The summed E-state index contributed by atoms with van der Waals surface area (Å²) in [6.07, 6.45) is -8.02. The molecule has 2 amide bonds. The molecule has 6 rings (SSSR count). The first-order chi connectivity index (χ1) is 32.4. The number of alkyl halides is 6. The molecule has 0 spiro atoms. The number of anilines is 2. The summed E-state index contributed by atoms with van der Waals surface area (Å²) in [5.41, 5.74) is -8.26. The normalized spacial score (nSPS) is 17.3. The predicted molar refractivity (Wildman–Crippen MR) is 246 cm³/mol. The largest absolute Gasteiger partial charge is 0.471 e. The van der Waals surface area contributed by atoms with Gasteiger partial charge in [-0.05, 0) is 105 Å². The molecule has 1 N–H and O–H groups in total. The minimum absolute atomic E-state index is 0.0284. The van der Waals surface area contributed by atoms with Crippen LogP contribution in [0, 0.1) is 35.7 Å². The van der Waals surface area contributed by atoms with Crippen molar-refractivity contribution in [1.82, 2.24) is 4.67 Å². The lowest BCUT2D eigenvalue weighted by Crippen LogP contribution is -2.54. The molecule has 3 aromatic carbocycles. The molecule has 380 valence electrons. The van der Waals surface area contributed by atoms with Crippen molar-refractivity contribution in [1.29, 1.82) is 5.26 Å². The van der Waals surface area contributed by atoms with E-state index in [1.807, 2.05) is 38.4 Å². The zero-order valence-corrected chi connectivity index (χ0v) is 41.8. The highest BCUT2D eigenvalue weighted by Gasteiger charge is 2.55. The molecule has 11 nitrogen and oxygen atoms in total. The molecule has 1 atom stereocenters. The molecule has 3 aliphatic rings. The van der Waals surface area contributed by atoms with Gasteiger partial charge in [0.05, 0.1) is 53.1 Å². The van der Waals surface area contributed by atoms with Crippen molar-refractivity contribution in [2.45, 2.75) is 129 Å². The fraction of sp³-hybridized carbons (Fsp3) is 0.479. The summed E-state index contributed by atoms with van der Waals surface area (Å²) >= 11 is 0.511. The van der Waals surface area contributed by atoms with Crippen LogP contribution in [-0.4, -0.2) is 82.9 Å². The average molecular weight is 1030 g/mol. The van der Waals surface area contributed by atoms with Crippen LogP contribution in [0.2, 0.25) is 0 Å².